The molecule has 2 aromatic carbocycles. The Bertz CT molecular complexity index is 1050. The molecule has 0 bridgehead atoms. The van der Waals surface area contributed by atoms with Gasteiger partial charge in [-0.05, 0) is 37.6 Å². The van der Waals surface area contributed by atoms with Crippen LogP contribution in [0.3, 0.4) is 0 Å². The van der Waals surface area contributed by atoms with Crippen LogP contribution in [0.15, 0.2) is 58.5 Å². The Kier molecular flexibility index (Phi) is 6.36. The zero-order valence-electron chi connectivity index (χ0n) is 16.1. The number of ether oxygens (including phenoxy) is 1. The first-order valence-corrected chi connectivity index (χ1v) is 10.1. The molecule has 3 aromatic rings. The molecular formula is C21H23N3O3S. The van der Waals surface area contributed by atoms with Crippen LogP contribution in [0.1, 0.15) is 20.3 Å². The Balaban J connectivity index is 2.04. The minimum absolute atomic E-state index is 0.0843. The lowest BCUT2D eigenvalue weighted by Crippen LogP contribution is -2.33. The standard InChI is InChI=1S/C21H23N3O3S/c1-4-14(2)22-19(25)13-28-21-23-18-11-6-5-10-17(18)20(26)24(21)15-8-7-9-16(12-15)27-3/h5-12,14H,4,13H2,1-3H3,(H,22,25)/t14-/m1/s1. The number of para-hydroxylation sites is 1. The van der Waals surface area contributed by atoms with E-state index in [0.29, 0.717) is 27.5 Å². The molecule has 7 heteroatoms. The molecule has 6 nitrogen and oxygen atoms in total. The van der Waals surface area contributed by atoms with Gasteiger partial charge in [0, 0.05) is 12.1 Å². The number of carbonyl (C=O) groups is 1. The van der Waals surface area contributed by atoms with Gasteiger partial charge in [0.15, 0.2) is 5.16 Å². The molecule has 0 fully saturated rings. The number of hydrogen-bond donors (Lipinski definition) is 1. The number of carbonyl (C=O) groups excluding carboxylic acids is 1. The third kappa shape index (κ3) is 4.36. The van der Waals surface area contributed by atoms with Gasteiger partial charge in [-0.25, -0.2) is 4.98 Å². The summed E-state index contributed by atoms with van der Waals surface area (Å²) in [5.41, 5.74) is 1.08. The van der Waals surface area contributed by atoms with E-state index in [4.69, 9.17) is 4.74 Å². The van der Waals surface area contributed by atoms with E-state index in [1.807, 2.05) is 44.2 Å². The molecule has 1 atom stereocenters. The van der Waals surface area contributed by atoms with E-state index >= 15 is 0 Å². The van der Waals surface area contributed by atoms with Crippen LogP contribution >= 0.6 is 11.8 Å². The topological polar surface area (TPSA) is 73.2 Å². The second kappa shape index (κ2) is 8.93. The van der Waals surface area contributed by atoms with Crippen molar-refractivity contribution < 1.29 is 9.53 Å². The first-order chi connectivity index (χ1) is 13.5. The Labute approximate surface area is 167 Å². The Morgan fingerprint density at radius 1 is 1.25 bits per heavy atom. The normalized spacial score (nSPS) is 12.0. The summed E-state index contributed by atoms with van der Waals surface area (Å²) < 4.78 is 6.82. The molecule has 0 aliphatic rings. The molecule has 1 aromatic heterocycles. The third-order valence-electron chi connectivity index (χ3n) is 4.41. The minimum Gasteiger partial charge on any atom is -0.497 e. The van der Waals surface area contributed by atoms with Crippen LogP contribution in [-0.2, 0) is 4.79 Å². The van der Waals surface area contributed by atoms with Crippen LogP contribution in [0.2, 0.25) is 0 Å². The van der Waals surface area contributed by atoms with E-state index in [1.54, 1.807) is 25.3 Å². The van der Waals surface area contributed by atoms with E-state index in [0.717, 1.165) is 6.42 Å². The van der Waals surface area contributed by atoms with Gasteiger partial charge < -0.3 is 10.1 Å². The molecule has 0 saturated heterocycles. The van der Waals surface area contributed by atoms with Gasteiger partial charge >= 0.3 is 0 Å². The molecule has 0 aliphatic heterocycles. The fourth-order valence-electron chi connectivity index (χ4n) is 2.74. The van der Waals surface area contributed by atoms with Crippen LogP contribution in [0, 0.1) is 0 Å². The fourth-order valence-corrected chi connectivity index (χ4v) is 3.56. The highest BCUT2D eigenvalue weighted by Gasteiger charge is 2.15. The smallest absolute Gasteiger partial charge is 0.266 e. The molecule has 1 heterocycles. The lowest BCUT2D eigenvalue weighted by molar-refractivity contribution is -0.119. The summed E-state index contributed by atoms with van der Waals surface area (Å²) in [4.78, 5) is 30.0. The van der Waals surface area contributed by atoms with Gasteiger partial charge in [-0.1, -0.05) is 36.9 Å². The summed E-state index contributed by atoms with van der Waals surface area (Å²) in [6, 6.07) is 14.6. The van der Waals surface area contributed by atoms with Crippen LogP contribution < -0.4 is 15.6 Å². The SMILES string of the molecule is CC[C@@H](C)NC(=O)CSc1nc2ccccc2c(=O)n1-c1cccc(OC)c1. The lowest BCUT2D eigenvalue weighted by Gasteiger charge is -2.15. The number of nitrogens with one attached hydrogen (secondary N) is 1. The number of amides is 1. The highest BCUT2D eigenvalue weighted by Crippen LogP contribution is 2.23. The molecule has 146 valence electrons. The Morgan fingerprint density at radius 2 is 2.04 bits per heavy atom. The predicted octanol–water partition coefficient (Wildman–Crippen LogP) is 3.40. The molecule has 3 rings (SSSR count). The predicted molar refractivity (Wildman–Crippen MR) is 113 cm³/mol. The first kappa shape index (κ1) is 19.9. The molecule has 28 heavy (non-hydrogen) atoms. The average Bonchev–Trinajstić information content (AvgIpc) is 2.72. The van der Waals surface area contributed by atoms with Gasteiger partial charge in [-0.2, -0.15) is 0 Å². The monoisotopic (exact) mass is 397 g/mol. The second-order valence-corrected chi connectivity index (χ2v) is 7.36. The molecule has 0 unspecified atom stereocenters. The van der Waals surface area contributed by atoms with E-state index in [-0.39, 0.29) is 23.3 Å². The minimum atomic E-state index is -0.177. The maximum Gasteiger partial charge on any atom is 0.266 e. The van der Waals surface area contributed by atoms with Crippen molar-refractivity contribution >= 4 is 28.6 Å². The number of methoxy groups -OCH3 is 1. The zero-order chi connectivity index (χ0) is 20.1. The van der Waals surface area contributed by atoms with Crippen LogP contribution in [0.25, 0.3) is 16.6 Å². The number of fused-ring (bicyclic) bond motifs is 1. The number of thioether (sulfide) groups is 1. The Hall–Kier alpha value is -2.80. The molecule has 0 spiro atoms. The van der Waals surface area contributed by atoms with Crippen LogP contribution in [0.5, 0.6) is 5.75 Å². The molecule has 1 N–H and O–H groups in total. The largest absolute Gasteiger partial charge is 0.497 e. The van der Waals surface area contributed by atoms with Gasteiger partial charge in [0.25, 0.3) is 5.56 Å². The molecule has 0 saturated carbocycles. The molecular weight excluding hydrogens is 374 g/mol. The quantitative estimate of drug-likeness (QED) is 0.489. The number of nitrogens with zero attached hydrogens (tertiary/aromatic N) is 2. The molecule has 1 amide bonds. The van der Waals surface area contributed by atoms with Crippen molar-refractivity contribution in [2.45, 2.75) is 31.5 Å². The van der Waals surface area contributed by atoms with Crippen molar-refractivity contribution in [1.29, 1.82) is 0 Å². The zero-order valence-corrected chi connectivity index (χ0v) is 17.0. The van der Waals surface area contributed by atoms with Gasteiger partial charge in [0.1, 0.15) is 5.75 Å². The van der Waals surface area contributed by atoms with Crippen molar-refractivity contribution in [3.05, 3.63) is 58.9 Å². The van der Waals surface area contributed by atoms with E-state index in [9.17, 15) is 9.59 Å². The lowest BCUT2D eigenvalue weighted by atomic mass is 10.2. The fraction of sp³-hybridized carbons (Fsp3) is 0.286. The number of hydrogen-bond acceptors (Lipinski definition) is 5. The number of aromatic nitrogens is 2. The van der Waals surface area contributed by atoms with Crippen molar-refractivity contribution in [3.63, 3.8) is 0 Å². The number of rotatable bonds is 7. The van der Waals surface area contributed by atoms with Gasteiger partial charge in [-0.3, -0.25) is 14.2 Å². The van der Waals surface area contributed by atoms with Crippen molar-refractivity contribution in [2.24, 2.45) is 0 Å². The molecule has 0 aliphatic carbocycles. The van der Waals surface area contributed by atoms with Crippen molar-refractivity contribution in [2.75, 3.05) is 12.9 Å². The highest BCUT2D eigenvalue weighted by atomic mass is 32.2. The van der Waals surface area contributed by atoms with Crippen LogP contribution in [0.4, 0.5) is 0 Å². The first-order valence-electron chi connectivity index (χ1n) is 9.12. The summed E-state index contributed by atoms with van der Waals surface area (Å²) in [6.45, 7) is 3.98. The van der Waals surface area contributed by atoms with Crippen molar-refractivity contribution in [3.8, 4) is 11.4 Å². The maximum atomic E-state index is 13.2. The van der Waals surface area contributed by atoms with Crippen LogP contribution in [-0.4, -0.2) is 34.4 Å². The van der Waals surface area contributed by atoms with Gasteiger partial charge in [-0.15, -0.1) is 0 Å². The summed E-state index contributed by atoms with van der Waals surface area (Å²) >= 11 is 1.24. The summed E-state index contributed by atoms with van der Waals surface area (Å²) in [6.07, 6.45) is 0.860. The van der Waals surface area contributed by atoms with Gasteiger partial charge in [0.2, 0.25) is 5.91 Å². The Morgan fingerprint density at radius 3 is 2.79 bits per heavy atom. The summed E-state index contributed by atoms with van der Waals surface area (Å²) in [5, 5.41) is 3.93. The molecule has 0 radical (unpaired) electrons. The highest BCUT2D eigenvalue weighted by molar-refractivity contribution is 7.99. The third-order valence-corrected chi connectivity index (χ3v) is 5.35. The van der Waals surface area contributed by atoms with Crippen molar-refractivity contribution in [1.82, 2.24) is 14.9 Å². The average molecular weight is 398 g/mol. The summed E-state index contributed by atoms with van der Waals surface area (Å²) in [7, 11) is 1.58. The maximum absolute atomic E-state index is 13.2. The second-order valence-electron chi connectivity index (χ2n) is 6.42. The van der Waals surface area contributed by atoms with E-state index in [1.165, 1.54) is 16.3 Å². The number of benzene rings is 2. The van der Waals surface area contributed by atoms with E-state index in [2.05, 4.69) is 10.3 Å². The summed E-state index contributed by atoms with van der Waals surface area (Å²) in [5.74, 6) is 0.737. The van der Waals surface area contributed by atoms with E-state index < -0.39 is 0 Å². The van der Waals surface area contributed by atoms with Gasteiger partial charge in [0.05, 0.1) is 29.5 Å².